The number of aromatic nitrogens is 4. The lowest BCUT2D eigenvalue weighted by molar-refractivity contribution is 0.0995. The predicted molar refractivity (Wildman–Crippen MR) is 104 cm³/mol. The first-order valence-electron chi connectivity index (χ1n) is 8.96. The molecule has 2 amide bonds. The third-order valence-corrected chi connectivity index (χ3v) is 4.33. The van der Waals surface area contributed by atoms with Crippen LogP contribution < -0.4 is 21.8 Å². The summed E-state index contributed by atoms with van der Waals surface area (Å²) in [7, 11) is 0. The Hall–Kier alpha value is -3.40. The lowest BCUT2D eigenvalue weighted by Gasteiger charge is -2.11. The van der Waals surface area contributed by atoms with Crippen LogP contribution in [0.15, 0.2) is 18.2 Å². The first kappa shape index (κ1) is 19.4. The average molecular weight is 385 g/mol. The highest BCUT2D eigenvalue weighted by atomic mass is 16.6. The third kappa shape index (κ3) is 3.41. The standard InChI is InChI=1S/C18H23N7O3/c1-4-6-24-15-12(8-11(16(19)26)9-14(15)28-20)21-18(24)22-17(27)13-7-10(3)23-25(13)5-2/h7-9H,4-6,20H2,1-3H3,(H2,19,26)(H,21,22,27). The van der Waals surface area contributed by atoms with Gasteiger partial charge >= 0.3 is 0 Å². The summed E-state index contributed by atoms with van der Waals surface area (Å²) in [6.45, 7) is 6.85. The summed E-state index contributed by atoms with van der Waals surface area (Å²) in [4.78, 5) is 33.8. The van der Waals surface area contributed by atoms with Gasteiger partial charge in [0, 0.05) is 18.7 Å². The Morgan fingerprint density at radius 1 is 1.25 bits per heavy atom. The van der Waals surface area contributed by atoms with Gasteiger partial charge in [0.25, 0.3) is 5.91 Å². The molecule has 10 heteroatoms. The Morgan fingerprint density at radius 3 is 2.61 bits per heavy atom. The van der Waals surface area contributed by atoms with Crippen molar-refractivity contribution in [3.05, 3.63) is 35.2 Å². The molecule has 0 atom stereocenters. The topological polar surface area (TPSA) is 143 Å². The molecule has 0 saturated carbocycles. The first-order chi connectivity index (χ1) is 13.4. The summed E-state index contributed by atoms with van der Waals surface area (Å²) in [5.41, 5.74) is 7.79. The Labute approximate surface area is 161 Å². The van der Waals surface area contributed by atoms with Crippen molar-refractivity contribution in [1.29, 1.82) is 0 Å². The molecule has 0 fully saturated rings. The molecule has 10 nitrogen and oxygen atoms in total. The molecular weight excluding hydrogens is 362 g/mol. The normalized spacial score (nSPS) is 11.0. The zero-order valence-electron chi connectivity index (χ0n) is 16.0. The largest absolute Gasteiger partial charge is 0.409 e. The van der Waals surface area contributed by atoms with Crippen molar-refractivity contribution in [3.8, 4) is 5.75 Å². The van der Waals surface area contributed by atoms with Crippen LogP contribution in [0, 0.1) is 6.92 Å². The number of anilines is 1. The van der Waals surface area contributed by atoms with Crippen molar-refractivity contribution in [3.63, 3.8) is 0 Å². The van der Waals surface area contributed by atoms with E-state index < -0.39 is 5.91 Å². The van der Waals surface area contributed by atoms with E-state index in [9.17, 15) is 9.59 Å². The Bertz CT molecular complexity index is 1050. The van der Waals surface area contributed by atoms with Crippen molar-refractivity contribution in [2.24, 2.45) is 11.6 Å². The van der Waals surface area contributed by atoms with E-state index in [4.69, 9.17) is 16.5 Å². The van der Waals surface area contributed by atoms with E-state index in [-0.39, 0.29) is 17.2 Å². The summed E-state index contributed by atoms with van der Waals surface area (Å²) in [5, 5.41) is 7.12. The monoisotopic (exact) mass is 385 g/mol. The fraction of sp³-hybridized carbons (Fsp3) is 0.333. The fourth-order valence-electron chi connectivity index (χ4n) is 3.13. The minimum atomic E-state index is -0.627. The molecule has 2 aromatic heterocycles. The van der Waals surface area contributed by atoms with Gasteiger partial charge in [0.1, 0.15) is 11.2 Å². The minimum absolute atomic E-state index is 0.214. The van der Waals surface area contributed by atoms with Crippen molar-refractivity contribution in [1.82, 2.24) is 19.3 Å². The highest BCUT2D eigenvalue weighted by Crippen LogP contribution is 2.30. The maximum atomic E-state index is 12.8. The maximum Gasteiger partial charge on any atom is 0.276 e. The van der Waals surface area contributed by atoms with Crippen LogP contribution in [0.4, 0.5) is 5.95 Å². The smallest absolute Gasteiger partial charge is 0.276 e. The summed E-state index contributed by atoms with van der Waals surface area (Å²) >= 11 is 0. The van der Waals surface area contributed by atoms with Crippen LogP contribution in [-0.2, 0) is 13.1 Å². The number of imidazole rings is 1. The number of nitrogens with zero attached hydrogens (tertiary/aromatic N) is 4. The third-order valence-electron chi connectivity index (χ3n) is 4.33. The number of fused-ring (bicyclic) bond motifs is 1. The average Bonchev–Trinajstić information content (AvgIpc) is 3.21. The molecule has 28 heavy (non-hydrogen) atoms. The molecule has 0 radical (unpaired) electrons. The molecule has 0 saturated heterocycles. The maximum absolute atomic E-state index is 12.8. The van der Waals surface area contributed by atoms with E-state index in [0.717, 1.165) is 12.1 Å². The van der Waals surface area contributed by atoms with Gasteiger partial charge in [-0.05, 0) is 38.5 Å². The number of hydrogen-bond acceptors (Lipinski definition) is 6. The summed E-state index contributed by atoms with van der Waals surface area (Å²) in [6, 6.07) is 4.72. The van der Waals surface area contributed by atoms with Crippen molar-refractivity contribution in [2.75, 3.05) is 5.32 Å². The molecule has 0 aliphatic carbocycles. The Kier molecular flexibility index (Phi) is 5.32. The van der Waals surface area contributed by atoms with E-state index in [1.165, 1.54) is 6.07 Å². The van der Waals surface area contributed by atoms with Gasteiger partial charge in [0.2, 0.25) is 11.9 Å². The number of nitrogens with one attached hydrogen (secondary N) is 1. The molecule has 148 valence electrons. The van der Waals surface area contributed by atoms with Crippen LogP contribution in [0.2, 0.25) is 0 Å². The van der Waals surface area contributed by atoms with Gasteiger partial charge in [-0.1, -0.05) is 6.92 Å². The molecule has 0 bridgehead atoms. The minimum Gasteiger partial charge on any atom is -0.409 e. The van der Waals surface area contributed by atoms with Gasteiger partial charge in [0.05, 0.1) is 11.2 Å². The fourth-order valence-corrected chi connectivity index (χ4v) is 3.13. The number of amides is 2. The lowest BCUT2D eigenvalue weighted by Crippen LogP contribution is -2.20. The van der Waals surface area contributed by atoms with Crippen LogP contribution >= 0.6 is 0 Å². The highest BCUT2D eigenvalue weighted by Gasteiger charge is 2.21. The second-order valence-electron chi connectivity index (χ2n) is 6.35. The van der Waals surface area contributed by atoms with Gasteiger partial charge in [-0.25, -0.2) is 4.98 Å². The molecule has 0 aliphatic heterocycles. The van der Waals surface area contributed by atoms with Crippen LogP contribution in [0.1, 0.15) is 46.8 Å². The van der Waals surface area contributed by atoms with Gasteiger partial charge in [-0.15, -0.1) is 0 Å². The summed E-state index contributed by atoms with van der Waals surface area (Å²) in [6.07, 6.45) is 0.780. The zero-order valence-corrected chi connectivity index (χ0v) is 16.0. The van der Waals surface area contributed by atoms with E-state index in [2.05, 4.69) is 15.4 Å². The molecule has 3 rings (SSSR count). The molecule has 0 spiro atoms. The molecule has 0 aliphatic rings. The van der Waals surface area contributed by atoms with Crippen molar-refractivity contribution in [2.45, 2.75) is 40.3 Å². The van der Waals surface area contributed by atoms with Crippen molar-refractivity contribution >= 4 is 28.8 Å². The zero-order chi connectivity index (χ0) is 20.4. The Balaban J connectivity index is 2.10. The number of rotatable bonds is 7. The van der Waals surface area contributed by atoms with Crippen LogP contribution in [0.5, 0.6) is 5.75 Å². The number of primary amides is 1. The first-order valence-corrected chi connectivity index (χ1v) is 8.96. The van der Waals surface area contributed by atoms with Gasteiger partial charge < -0.3 is 15.1 Å². The van der Waals surface area contributed by atoms with Gasteiger partial charge in [0.15, 0.2) is 5.75 Å². The molecule has 0 unspecified atom stereocenters. The number of benzene rings is 1. The summed E-state index contributed by atoms with van der Waals surface area (Å²) < 4.78 is 3.41. The van der Waals surface area contributed by atoms with Gasteiger partial charge in [-0.3, -0.25) is 19.6 Å². The second-order valence-corrected chi connectivity index (χ2v) is 6.35. The van der Waals surface area contributed by atoms with Crippen LogP contribution in [0.25, 0.3) is 11.0 Å². The number of carbonyl (C=O) groups is 2. The van der Waals surface area contributed by atoms with E-state index in [0.29, 0.717) is 35.8 Å². The Morgan fingerprint density at radius 2 is 2.00 bits per heavy atom. The van der Waals surface area contributed by atoms with E-state index >= 15 is 0 Å². The van der Waals surface area contributed by atoms with E-state index in [1.807, 2.05) is 20.8 Å². The molecule has 3 aromatic rings. The second kappa shape index (κ2) is 7.69. The SMILES string of the molecule is CCCn1c(NC(=O)c2cc(C)nn2CC)nc2cc(C(N)=O)cc(ON)c21. The molecular formula is C18H23N7O3. The van der Waals surface area contributed by atoms with Crippen LogP contribution in [-0.4, -0.2) is 31.1 Å². The molecule has 1 aromatic carbocycles. The number of hydrogen-bond donors (Lipinski definition) is 3. The quantitative estimate of drug-likeness (QED) is 0.527. The predicted octanol–water partition coefficient (Wildman–Crippen LogP) is 1.57. The van der Waals surface area contributed by atoms with Crippen LogP contribution in [0.3, 0.4) is 0 Å². The lowest BCUT2D eigenvalue weighted by atomic mass is 10.1. The number of aryl methyl sites for hydroxylation is 3. The van der Waals surface area contributed by atoms with Crippen molar-refractivity contribution < 1.29 is 14.4 Å². The number of carbonyl (C=O) groups excluding carboxylic acids is 2. The number of nitrogens with two attached hydrogens (primary N) is 2. The van der Waals surface area contributed by atoms with Gasteiger partial charge in [-0.2, -0.15) is 11.0 Å². The van der Waals surface area contributed by atoms with E-state index in [1.54, 1.807) is 21.4 Å². The summed E-state index contributed by atoms with van der Waals surface area (Å²) in [5.74, 6) is 5.01. The highest BCUT2D eigenvalue weighted by molar-refractivity contribution is 6.04. The molecule has 5 N–H and O–H groups in total. The molecule has 2 heterocycles.